The molecule has 0 aromatic carbocycles. The van der Waals surface area contributed by atoms with Crippen LogP contribution in [0.3, 0.4) is 0 Å². The molecular formula is C14H25Cl2N3O. The van der Waals surface area contributed by atoms with Crippen molar-refractivity contribution in [2.45, 2.75) is 45.1 Å². The van der Waals surface area contributed by atoms with Gasteiger partial charge in [0.25, 0.3) is 0 Å². The monoisotopic (exact) mass is 321 g/mol. The first-order valence-electron chi connectivity index (χ1n) is 6.55. The Kier molecular flexibility index (Phi) is 11.7. The summed E-state index contributed by atoms with van der Waals surface area (Å²) in [7, 11) is 0. The number of hydrogen-bond donors (Lipinski definition) is 2. The Balaban J connectivity index is 0. The molecule has 6 heteroatoms. The summed E-state index contributed by atoms with van der Waals surface area (Å²) in [4.78, 5) is 15.9. The summed E-state index contributed by atoms with van der Waals surface area (Å²) in [5.74, 6) is 0.0703. The summed E-state index contributed by atoms with van der Waals surface area (Å²) in [6.07, 6.45) is 6.45. The fourth-order valence-electron chi connectivity index (χ4n) is 1.93. The number of aryl methyl sites for hydroxylation is 1. The predicted octanol–water partition coefficient (Wildman–Crippen LogP) is 2.49. The number of carbonyl (C=O) groups is 1. The Bertz CT molecular complexity index is 362. The molecule has 0 radical (unpaired) electrons. The number of aromatic nitrogens is 1. The van der Waals surface area contributed by atoms with Gasteiger partial charge in [0.2, 0.25) is 5.91 Å². The summed E-state index contributed by atoms with van der Waals surface area (Å²) in [6, 6.07) is 3.87. The lowest BCUT2D eigenvalue weighted by atomic mass is 9.92. The Morgan fingerprint density at radius 2 is 1.80 bits per heavy atom. The smallest absolute Gasteiger partial charge is 0.220 e. The highest BCUT2D eigenvalue weighted by atomic mass is 35.5. The molecule has 0 bridgehead atoms. The summed E-state index contributed by atoms with van der Waals surface area (Å²) < 4.78 is 0. The number of amides is 1. The van der Waals surface area contributed by atoms with E-state index >= 15 is 0 Å². The van der Waals surface area contributed by atoms with Gasteiger partial charge in [-0.25, -0.2) is 0 Å². The molecule has 1 heterocycles. The third-order valence-electron chi connectivity index (χ3n) is 3.54. The Morgan fingerprint density at radius 1 is 1.25 bits per heavy atom. The first-order valence-corrected chi connectivity index (χ1v) is 6.55. The van der Waals surface area contributed by atoms with E-state index in [2.05, 4.69) is 24.1 Å². The number of carbonyl (C=O) groups excluding carboxylic acids is 1. The van der Waals surface area contributed by atoms with E-state index in [4.69, 9.17) is 5.73 Å². The molecule has 0 aliphatic rings. The second kappa shape index (κ2) is 10.9. The average Bonchev–Trinajstić information content (AvgIpc) is 2.44. The molecule has 3 N–H and O–H groups in total. The maximum atomic E-state index is 11.9. The fourth-order valence-corrected chi connectivity index (χ4v) is 1.93. The number of nitrogens with two attached hydrogens (primary N) is 1. The standard InChI is InChI=1S/C14H23N3O.2ClH/c1-3-14(4-2,11-15)17-13(18)6-5-12-7-9-16-10-8-12;;/h7-10H,3-6,11,15H2,1-2H3,(H,17,18);2*1H. The minimum Gasteiger partial charge on any atom is -0.349 e. The van der Waals surface area contributed by atoms with Crippen molar-refractivity contribution in [3.05, 3.63) is 30.1 Å². The molecule has 0 aliphatic carbocycles. The third-order valence-corrected chi connectivity index (χ3v) is 3.54. The molecule has 20 heavy (non-hydrogen) atoms. The van der Waals surface area contributed by atoms with Crippen LogP contribution in [0, 0.1) is 0 Å². The van der Waals surface area contributed by atoms with Gasteiger partial charge < -0.3 is 11.1 Å². The molecule has 1 aromatic heterocycles. The van der Waals surface area contributed by atoms with Crippen LogP contribution in [0.1, 0.15) is 38.7 Å². The summed E-state index contributed by atoms with van der Waals surface area (Å²) >= 11 is 0. The molecule has 1 aromatic rings. The van der Waals surface area contributed by atoms with E-state index < -0.39 is 0 Å². The topological polar surface area (TPSA) is 68.0 Å². The van der Waals surface area contributed by atoms with Crippen LogP contribution >= 0.6 is 24.8 Å². The average molecular weight is 322 g/mol. The SMILES string of the molecule is CCC(CC)(CN)NC(=O)CCc1ccncc1.Cl.Cl. The van der Waals surface area contributed by atoms with Crippen LogP contribution in [0.2, 0.25) is 0 Å². The number of hydrogen-bond acceptors (Lipinski definition) is 3. The molecule has 0 saturated heterocycles. The van der Waals surface area contributed by atoms with Gasteiger partial charge in [-0.3, -0.25) is 9.78 Å². The van der Waals surface area contributed by atoms with Crippen molar-refractivity contribution in [1.29, 1.82) is 0 Å². The van der Waals surface area contributed by atoms with Crippen molar-refractivity contribution in [2.75, 3.05) is 6.54 Å². The van der Waals surface area contributed by atoms with Crippen molar-refractivity contribution in [3.8, 4) is 0 Å². The molecule has 1 amide bonds. The minimum atomic E-state index is -0.241. The molecule has 116 valence electrons. The van der Waals surface area contributed by atoms with Crippen LogP contribution in [0.4, 0.5) is 0 Å². The molecule has 1 rings (SSSR count). The lowest BCUT2D eigenvalue weighted by Gasteiger charge is -2.31. The molecular weight excluding hydrogens is 297 g/mol. The van der Waals surface area contributed by atoms with Gasteiger partial charge in [-0.2, -0.15) is 0 Å². The van der Waals surface area contributed by atoms with Crippen molar-refractivity contribution >= 4 is 30.7 Å². The maximum Gasteiger partial charge on any atom is 0.220 e. The quantitative estimate of drug-likeness (QED) is 0.810. The summed E-state index contributed by atoms with van der Waals surface area (Å²) in [5.41, 5.74) is 6.65. The molecule has 0 atom stereocenters. The molecule has 0 fully saturated rings. The minimum absolute atomic E-state index is 0. The lowest BCUT2D eigenvalue weighted by molar-refractivity contribution is -0.123. The Hall–Kier alpha value is -0.840. The van der Waals surface area contributed by atoms with Crippen molar-refractivity contribution < 1.29 is 4.79 Å². The number of rotatable bonds is 7. The normalized spacial score (nSPS) is 10.2. The van der Waals surface area contributed by atoms with E-state index in [1.165, 1.54) is 0 Å². The van der Waals surface area contributed by atoms with E-state index in [1.54, 1.807) is 12.4 Å². The van der Waals surface area contributed by atoms with Crippen LogP contribution in [0.25, 0.3) is 0 Å². The summed E-state index contributed by atoms with van der Waals surface area (Å²) in [6.45, 7) is 4.60. The van der Waals surface area contributed by atoms with Crippen LogP contribution in [0.5, 0.6) is 0 Å². The summed E-state index contributed by atoms with van der Waals surface area (Å²) in [5, 5.41) is 3.07. The Morgan fingerprint density at radius 3 is 2.25 bits per heavy atom. The third kappa shape index (κ3) is 6.55. The van der Waals surface area contributed by atoms with Gasteiger partial charge in [0.15, 0.2) is 0 Å². The fraction of sp³-hybridized carbons (Fsp3) is 0.571. The highest BCUT2D eigenvalue weighted by molar-refractivity contribution is 5.85. The van der Waals surface area contributed by atoms with E-state index in [-0.39, 0.29) is 36.3 Å². The van der Waals surface area contributed by atoms with Crippen molar-refractivity contribution in [3.63, 3.8) is 0 Å². The lowest BCUT2D eigenvalue weighted by Crippen LogP contribution is -2.52. The number of pyridine rings is 1. The van der Waals surface area contributed by atoms with Crippen molar-refractivity contribution in [2.24, 2.45) is 5.73 Å². The van der Waals surface area contributed by atoms with Gasteiger partial charge in [0.05, 0.1) is 5.54 Å². The number of nitrogens with zero attached hydrogens (tertiary/aromatic N) is 1. The van der Waals surface area contributed by atoms with Gasteiger partial charge >= 0.3 is 0 Å². The van der Waals surface area contributed by atoms with E-state index in [0.29, 0.717) is 13.0 Å². The molecule has 0 aliphatic heterocycles. The van der Waals surface area contributed by atoms with E-state index in [0.717, 1.165) is 24.8 Å². The predicted molar refractivity (Wildman–Crippen MR) is 87.6 cm³/mol. The van der Waals surface area contributed by atoms with Crippen LogP contribution in [-0.2, 0) is 11.2 Å². The highest BCUT2D eigenvalue weighted by Gasteiger charge is 2.25. The zero-order chi connectivity index (χ0) is 13.4. The van der Waals surface area contributed by atoms with Gasteiger partial charge in [-0.05, 0) is 37.0 Å². The largest absolute Gasteiger partial charge is 0.349 e. The number of nitrogens with one attached hydrogen (secondary N) is 1. The first kappa shape index (κ1) is 21.5. The van der Waals surface area contributed by atoms with Crippen molar-refractivity contribution in [1.82, 2.24) is 10.3 Å². The Labute approximate surface area is 133 Å². The number of halogens is 2. The molecule has 4 nitrogen and oxygen atoms in total. The maximum absolute atomic E-state index is 11.9. The van der Waals surface area contributed by atoms with Gasteiger partial charge in [-0.15, -0.1) is 24.8 Å². The molecule has 0 saturated carbocycles. The second-order valence-electron chi connectivity index (χ2n) is 4.60. The molecule has 0 unspecified atom stereocenters. The van der Waals surface area contributed by atoms with Gasteiger partial charge in [0, 0.05) is 25.4 Å². The second-order valence-corrected chi connectivity index (χ2v) is 4.60. The molecule has 0 spiro atoms. The van der Waals surface area contributed by atoms with Crippen LogP contribution in [0.15, 0.2) is 24.5 Å². The van der Waals surface area contributed by atoms with Crippen LogP contribution < -0.4 is 11.1 Å². The van der Waals surface area contributed by atoms with E-state index in [9.17, 15) is 4.79 Å². The highest BCUT2D eigenvalue weighted by Crippen LogP contribution is 2.13. The zero-order valence-electron chi connectivity index (χ0n) is 12.1. The van der Waals surface area contributed by atoms with Gasteiger partial charge in [-0.1, -0.05) is 13.8 Å². The first-order chi connectivity index (χ1) is 8.65. The zero-order valence-corrected chi connectivity index (χ0v) is 13.7. The van der Waals surface area contributed by atoms with Gasteiger partial charge in [0.1, 0.15) is 0 Å². The van der Waals surface area contributed by atoms with E-state index in [1.807, 2.05) is 12.1 Å². The van der Waals surface area contributed by atoms with Crippen LogP contribution in [-0.4, -0.2) is 23.0 Å².